The molecule has 0 aliphatic carbocycles. The Labute approximate surface area is 102 Å². The fraction of sp³-hybridized carbons (Fsp3) is 0.500. The van der Waals surface area contributed by atoms with E-state index in [1.807, 2.05) is 0 Å². The normalized spacial score (nSPS) is 11.4. The lowest BCUT2D eigenvalue weighted by Gasteiger charge is -2.12. The highest BCUT2D eigenvalue weighted by Crippen LogP contribution is 2.31. The topological polar surface area (TPSA) is 83.2 Å². The minimum Gasteiger partial charge on any atom is -0.396 e. The summed E-state index contributed by atoms with van der Waals surface area (Å²) < 4.78 is 37.7. The monoisotopic (exact) mass is 264 g/mol. The number of anilines is 2. The molecule has 1 aromatic heterocycles. The van der Waals surface area contributed by atoms with Crippen LogP contribution in [0.4, 0.5) is 24.8 Å². The fourth-order valence-electron chi connectivity index (χ4n) is 1.31. The van der Waals surface area contributed by atoms with Gasteiger partial charge in [0.2, 0.25) is 0 Å². The molecule has 0 saturated carbocycles. The van der Waals surface area contributed by atoms with Crippen LogP contribution in [0.15, 0.2) is 12.1 Å². The van der Waals surface area contributed by atoms with Crippen LogP contribution in [0.2, 0.25) is 0 Å². The van der Waals surface area contributed by atoms with Gasteiger partial charge in [-0.2, -0.15) is 13.2 Å². The molecule has 8 heteroatoms. The summed E-state index contributed by atoms with van der Waals surface area (Å²) in [6.07, 6.45) is -3.23. The van der Waals surface area contributed by atoms with E-state index in [0.29, 0.717) is 19.4 Å². The van der Waals surface area contributed by atoms with Crippen molar-refractivity contribution in [2.75, 3.05) is 23.9 Å². The zero-order valence-corrected chi connectivity index (χ0v) is 9.59. The molecule has 0 aliphatic rings. The van der Waals surface area contributed by atoms with E-state index in [1.165, 1.54) is 0 Å². The van der Waals surface area contributed by atoms with E-state index >= 15 is 0 Å². The van der Waals surface area contributed by atoms with Gasteiger partial charge in [0.25, 0.3) is 0 Å². The molecule has 1 aromatic rings. The summed E-state index contributed by atoms with van der Waals surface area (Å²) in [7, 11) is 0. The summed E-state index contributed by atoms with van der Waals surface area (Å²) in [5, 5.41) is 11.3. The highest BCUT2D eigenvalue weighted by molar-refractivity contribution is 5.49. The van der Waals surface area contributed by atoms with Gasteiger partial charge < -0.3 is 15.8 Å². The minimum atomic E-state index is -4.45. The van der Waals surface area contributed by atoms with Gasteiger partial charge in [0, 0.05) is 13.2 Å². The molecular weight excluding hydrogens is 249 g/mol. The highest BCUT2D eigenvalue weighted by atomic mass is 19.4. The van der Waals surface area contributed by atoms with Crippen LogP contribution in [-0.2, 0) is 6.18 Å². The van der Waals surface area contributed by atoms with Crippen molar-refractivity contribution in [3.63, 3.8) is 0 Å². The van der Waals surface area contributed by atoms with Gasteiger partial charge in [-0.3, -0.25) is 0 Å². The number of hydrogen-bond donors (Lipinski definition) is 4. The quantitative estimate of drug-likeness (QED) is 0.356. The maximum atomic E-state index is 12.6. The Kier molecular flexibility index (Phi) is 5.17. The molecule has 5 N–H and O–H groups in total. The number of halogens is 3. The average Bonchev–Trinajstić information content (AvgIpc) is 2.33. The lowest BCUT2D eigenvalue weighted by atomic mass is 10.2. The summed E-state index contributed by atoms with van der Waals surface area (Å²) in [5.74, 6) is 5.10. The number of hydrogen-bond acceptors (Lipinski definition) is 5. The van der Waals surface area contributed by atoms with Crippen LogP contribution in [0.25, 0.3) is 0 Å². The molecule has 0 amide bonds. The number of pyridine rings is 1. The second kappa shape index (κ2) is 6.41. The van der Waals surface area contributed by atoms with Crippen LogP contribution in [0.5, 0.6) is 0 Å². The first-order chi connectivity index (χ1) is 8.47. The number of nitrogen functional groups attached to an aromatic ring is 1. The smallest absolute Gasteiger partial charge is 0.396 e. The third-order valence-electron chi connectivity index (χ3n) is 2.19. The molecule has 5 nitrogen and oxygen atoms in total. The molecule has 0 aliphatic heterocycles. The Bertz CT molecular complexity index is 384. The van der Waals surface area contributed by atoms with Gasteiger partial charge in [0.15, 0.2) is 0 Å². The second-order valence-corrected chi connectivity index (χ2v) is 3.63. The molecule has 0 spiro atoms. The van der Waals surface area contributed by atoms with Gasteiger partial charge >= 0.3 is 6.18 Å². The van der Waals surface area contributed by atoms with E-state index in [2.05, 4.69) is 15.7 Å². The summed E-state index contributed by atoms with van der Waals surface area (Å²) in [5.41, 5.74) is 1.27. The molecule has 0 atom stereocenters. The molecule has 0 aromatic carbocycles. The van der Waals surface area contributed by atoms with Crippen LogP contribution >= 0.6 is 0 Å². The first-order valence-electron chi connectivity index (χ1n) is 5.38. The number of nitrogens with one attached hydrogen (secondary N) is 2. The van der Waals surface area contributed by atoms with Crippen molar-refractivity contribution in [2.45, 2.75) is 19.0 Å². The Hall–Kier alpha value is -1.54. The Morgan fingerprint density at radius 3 is 2.44 bits per heavy atom. The SMILES string of the molecule is NNc1cc(C(F)(F)F)cc(NCCCCO)n1. The maximum absolute atomic E-state index is 12.6. The van der Waals surface area contributed by atoms with Crippen molar-refractivity contribution < 1.29 is 18.3 Å². The number of rotatable bonds is 6. The van der Waals surface area contributed by atoms with Crippen molar-refractivity contribution in [2.24, 2.45) is 5.84 Å². The fourth-order valence-corrected chi connectivity index (χ4v) is 1.31. The number of alkyl halides is 3. The Morgan fingerprint density at radius 1 is 1.22 bits per heavy atom. The molecule has 0 saturated heterocycles. The average molecular weight is 264 g/mol. The lowest BCUT2D eigenvalue weighted by Crippen LogP contribution is -2.14. The predicted molar refractivity (Wildman–Crippen MR) is 61.9 cm³/mol. The Balaban J connectivity index is 2.78. The number of hydrazine groups is 1. The van der Waals surface area contributed by atoms with E-state index < -0.39 is 11.7 Å². The molecule has 0 unspecified atom stereocenters. The third-order valence-corrected chi connectivity index (χ3v) is 2.19. The van der Waals surface area contributed by atoms with Gasteiger partial charge in [0.1, 0.15) is 11.6 Å². The minimum absolute atomic E-state index is 0.0489. The molecule has 1 heterocycles. The van der Waals surface area contributed by atoms with Crippen molar-refractivity contribution in [3.8, 4) is 0 Å². The van der Waals surface area contributed by atoms with Gasteiger partial charge in [0.05, 0.1) is 5.56 Å². The molecular formula is C10H15F3N4O. The van der Waals surface area contributed by atoms with Crippen LogP contribution in [0.1, 0.15) is 18.4 Å². The largest absolute Gasteiger partial charge is 0.416 e. The summed E-state index contributed by atoms with van der Waals surface area (Å²) >= 11 is 0. The van der Waals surface area contributed by atoms with Gasteiger partial charge in [-0.25, -0.2) is 10.8 Å². The number of nitrogens with two attached hydrogens (primary N) is 1. The van der Waals surface area contributed by atoms with E-state index in [1.54, 1.807) is 0 Å². The molecule has 0 fully saturated rings. The van der Waals surface area contributed by atoms with E-state index in [-0.39, 0.29) is 18.2 Å². The molecule has 102 valence electrons. The summed E-state index contributed by atoms with van der Waals surface area (Å²) in [6, 6.07) is 1.75. The first-order valence-corrected chi connectivity index (χ1v) is 5.38. The van der Waals surface area contributed by atoms with Gasteiger partial charge in [-0.15, -0.1) is 0 Å². The van der Waals surface area contributed by atoms with Crippen LogP contribution < -0.4 is 16.6 Å². The number of aliphatic hydroxyl groups excluding tert-OH is 1. The maximum Gasteiger partial charge on any atom is 0.416 e. The lowest BCUT2D eigenvalue weighted by molar-refractivity contribution is -0.137. The van der Waals surface area contributed by atoms with Crippen molar-refractivity contribution >= 4 is 11.6 Å². The highest BCUT2D eigenvalue weighted by Gasteiger charge is 2.31. The summed E-state index contributed by atoms with van der Waals surface area (Å²) in [6.45, 7) is 0.478. The van der Waals surface area contributed by atoms with Gasteiger partial charge in [-0.1, -0.05) is 0 Å². The predicted octanol–water partition coefficient (Wildman–Crippen LogP) is 1.57. The molecule has 0 radical (unpaired) electrons. The zero-order chi connectivity index (χ0) is 13.6. The van der Waals surface area contributed by atoms with E-state index in [9.17, 15) is 13.2 Å². The summed E-state index contributed by atoms with van der Waals surface area (Å²) in [4.78, 5) is 3.85. The third kappa shape index (κ3) is 4.38. The van der Waals surface area contributed by atoms with Crippen molar-refractivity contribution in [3.05, 3.63) is 17.7 Å². The second-order valence-electron chi connectivity index (χ2n) is 3.63. The number of aromatic nitrogens is 1. The van der Waals surface area contributed by atoms with Crippen LogP contribution in [0.3, 0.4) is 0 Å². The zero-order valence-electron chi connectivity index (χ0n) is 9.59. The van der Waals surface area contributed by atoms with Crippen molar-refractivity contribution in [1.82, 2.24) is 4.98 Å². The van der Waals surface area contributed by atoms with E-state index in [4.69, 9.17) is 10.9 Å². The first kappa shape index (κ1) is 14.5. The number of nitrogens with zero attached hydrogens (tertiary/aromatic N) is 1. The standard InChI is InChI=1S/C10H15F3N4O/c11-10(12,13)7-5-8(15-3-1-2-4-18)16-9(6-7)17-14/h5-6,18H,1-4,14H2,(H2,15,16,17). The van der Waals surface area contributed by atoms with E-state index in [0.717, 1.165) is 12.1 Å². The number of unbranched alkanes of at least 4 members (excludes halogenated alkanes) is 1. The number of aliphatic hydroxyl groups is 1. The molecule has 18 heavy (non-hydrogen) atoms. The molecule has 1 rings (SSSR count). The van der Waals surface area contributed by atoms with Crippen molar-refractivity contribution in [1.29, 1.82) is 0 Å². The molecule has 0 bridgehead atoms. The van der Waals surface area contributed by atoms with Crippen LogP contribution in [0, 0.1) is 0 Å². The van der Waals surface area contributed by atoms with Crippen LogP contribution in [-0.4, -0.2) is 23.2 Å². The van der Waals surface area contributed by atoms with Gasteiger partial charge in [-0.05, 0) is 25.0 Å². The Morgan fingerprint density at radius 2 is 1.89 bits per heavy atom.